The van der Waals surface area contributed by atoms with Crippen LogP contribution in [0.3, 0.4) is 0 Å². The van der Waals surface area contributed by atoms with E-state index in [2.05, 4.69) is 25.2 Å². The number of nitrogens with one attached hydrogen (secondary N) is 1. The lowest BCUT2D eigenvalue weighted by Crippen LogP contribution is -2.46. The highest BCUT2D eigenvalue weighted by atomic mass is 35.5. The van der Waals surface area contributed by atoms with Crippen LogP contribution in [-0.4, -0.2) is 55.8 Å². The number of hydrogen-bond acceptors (Lipinski definition) is 9. The van der Waals surface area contributed by atoms with Gasteiger partial charge >= 0.3 is 0 Å². The van der Waals surface area contributed by atoms with E-state index >= 15 is 0 Å². The maximum atomic E-state index is 9.31. The third-order valence-electron chi connectivity index (χ3n) is 6.57. The van der Waals surface area contributed by atoms with Crippen LogP contribution in [0.25, 0.3) is 11.2 Å². The van der Waals surface area contributed by atoms with E-state index in [-0.39, 0.29) is 18.5 Å². The van der Waals surface area contributed by atoms with E-state index in [1.54, 1.807) is 10.9 Å². The fourth-order valence-corrected chi connectivity index (χ4v) is 5.25. The van der Waals surface area contributed by atoms with E-state index in [1.807, 2.05) is 54.6 Å². The highest BCUT2D eigenvalue weighted by Crippen LogP contribution is 2.47. The molecule has 4 aromatic rings. The fraction of sp³-hybridized carbons (Fsp3) is 0.320. The number of rotatable bonds is 9. The molecule has 2 saturated heterocycles. The summed E-state index contributed by atoms with van der Waals surface area (Å²) >= 11 is 12.4. The van der Waals surface area contributed by atoms with Crippen LogP contribution in [0.4, 0.5) is 5.82 Å². The van der Waals surface area contributed by atoms with Crippen molar-refractivity contribution in [2.45, 2.75) is 37.2 Å². The molecule has 4 atom stereocenters. The summed E-state index contributed by atoms with van der Waals surface area (Å²) in [6.45, 7) is 0.913. The van der Waals surface area contributed by atoms with Gasteiger partial charge in [0.25, 0.3) is 0 Å². The van der Waals surface area contributed by atoms with Crippen LogP contribution in [0.2, 0.25) is 10.3 Å². The molecule has 2 aromatic heterocycles. The van der Waals surface area contributed by atoms with Gasteiger partial charge in [0.1, 0.15) is 24.4 Å². The molecule has 4 heterocycles. The van der Waals surface area contributed by atoms with E-state index in [0.717, 1.165) is 11.1 Å². The zero-order valence-corrected chi connectivity index (χ0v) is 21.0. The maximum Gasteiger partial charge on any atom is 0.226 e. The van der Waals surface area contributed by atoms with Gasteiger partial charge in [-0.05, 0) is 34.9 Å². The highest BCUT2D eigenvalue weighted by Gasteiger charge is 2.63. The molecule has 0 spiro atoms. The molecule has 0 amide bonds. The van der Waals surface area contributed by atoms with E-state index in [4.69, 9.17) is 37.4 Å². The molecule has 2 N–H and O–H groups in total. The second kappa shape index (κ2) is 10.1. The Morgan fingerprint density at radius 2 is 1.95 bits per heavy atom. The summed E-state index contributed by atoms with van der Waals surface area (Å²) in [7, 11) is 0. The lowest BCUT2D eigenvalue weighted by atomic mass is 10.00. The van der Waals surface area contributed by atoms with Crippen LogP contribution >= 0.6 is 23.2 Å². The summed E-state index contributed by atoms with van der Waals surface area (Å²) in [5.74, 6) is 0.475. The number of benzene rings is 2. The molecule has 2 fully saturated rings. The Morgan fingerprint density at radius 3 is 2.76 bits per heavy atom. The van der Waals surface area contributed by atoms with Crippen molar-refractivity contribution in [1.29, 1.82) is 0 Å². The second-order valence-corrected chi connectivity index (χ2v) is 9.76. The molecule has 6 rings (SSSR count). The monoisotopic (exact) mass is 543 g/mol. The van der Waals surface area contributed by atoms with Crippen LogP contribution < -0.4 is 5.32 Å². The quantitative estimate of drug-likeness (QED) is 0.179. The van der Waals surface area contributed by atoms with Crippen LogP contribution in [0.1, 0.15) is 17.4 Å². The summed E-state index contributed by atoms with van der Waals surface area (Å²) in [6, 6.07) is 17.3. The Kier molecular flexibility index (Phi) is 6.72. The van der Waals surface area contributed by atoms with Gasteiger partial charge < -0.3 is 19.5 Å². The van der Waals surface area contributed by atoms with Crippen molar-refractivity contribution in [2.75, 3.05) is 18.5 Å². The van der Waals surface area contributed by atoms with Gasteiger partial charge in [-0.3, -0.25) is 9.82 Å². The van der Waals surface area contributed by atoms with Gasteiger partial charge in [-0.2, -0.15) is 9.97 Å². The van der Waals surface area contributed by atoms with Gasteiger partial charge in [-0.1, -0.05) is 54.1 Å². The van der Waals surface area contributed by atoms with Crippen molar-refractivity contribution < 1.29 is 24.4 Å². The molecule has 2 bridgehead atoms. The van der Waals surface area contributed by atoms with Crippen molar-refractivity contribution >= 4 is 40.2 Å². The number of halogens is 2. The van der Waals surface area contributed by atoms with E-state index < -0.39 is 24.0 Å². The predicted octanol–water partition coefficient (Wildman–Crippen LogP) is 4.49. The number of imidazole rings is 1. The average molecular weight is 544 g/mol. The minimum Gasteiger partial charge on any atom is -0.367 e. The van der Waals surface area contributed by atoms with Gasteiger partial charge in [0.05, 0.1) is 19.5 Å². The molecule has 10 nitrogen and oxygen atoms in total. The lowest BCUT2D eigenvalue weighted by molar-refractivity contribution is -0.295. The molecule has 2 aromatic carbocycles. The number of ether oxygens (including phenoxy) is 3. The third kappa shape index (κ3) is 4.66. The molecule has 2 aliphatic heterocycles. The van der Waals surface area contributed by atoms with E-state index in [1.165, 1.54) is 0 Å². The zero-order valence-electron chi connectivity index (χ0n) is 19.5. The summed E-state index contributed by atoms with van der Waals surface area (Å²) in [5.41, 5.74) is 1.97. The maximum absolute atomic E-state index is 9.31. The number of anilines is 1. The van der Waals surface area contributed by atoms with Crippen molar-refractivity contribution in [3.05, 3.63) is 82.4 Å². The normalized spacial score (nSPS) is 24.7. The molecule has 0 unspecified atom stereocenters. The van der Waals surface area contributed by atoms with Gasteiger partial charge in [-0.15, -0.1) is 0 Å². The Balaban J connectivity index is 1.28. The lowest BCUT2D eigenvalue weighted by Gasteiger charge is -2.30. The number of fused-ring (bicyclic) bond motifs is 3. The summed E-state index contributed by atoms with van der Waals surface area (Å²) in [6.07, 6.45) is -0.0224. The number of hydrogen-bond donors (Lipinski definition) is 2. The van der Waals surface area contributed by atoms with Crippen LogP contribution in [0.5, 0.6) is 0 Å². The van der Waals surface area contributed by atoms with Crippen molar-refractivity contribution in [3.63, 3.8) is 0 Å². The smallest absolute Gasteiger partial charge is 0.226 e. The highest BCUT2D eigenvalue weighted by molar-refractivity contribution is 6.30. The Hall–Kier alpha value is -2.83. The SMILES string of the molecule is OOC[C@]12CO[C@@H]([C@H](n3cnc4c(NCc5cccc(Cl)c5)nc(Cl)nc43)O1)[C@@H]2OCc1ccccc1. The molecule has 192 valence electrons. The van der Waals surface area contributed by atoms with E-state index in [9.17, 15) is 5.26 Å². The molecule has 37 heavy (non-hydrogen) atoms. The van der Waals surface area contributed by atoms with Gasteiger partial charge in [0.15, 0.2) is 23.2 Å². The van der Waals surface area contributed by atoms with Gasteiger partial charge in [-0.25, -0.2) is 9.87 Å². The minimum atomic E-state index is -1.00. The number of nitrogens with zero attached hydrogens (tertiary/aromatic N) is 4. The summed E-state index contributed by atoms with van der Waals surface area (Å²) in [5, 5.41) is 13.3. The average Bonchev–Trinajstić information content (AvgIpc) is 3.56. The first-order chi connectivity index (χ1) is 18.1. The zero-order chi connectivity index (χ0) is 25.4. The van der Waals surface area contributed by atoms with Gasteiger partial charge in [0, 0.05) is 11.6 Å². The molecular weight excluding hydrogens is 521 g/mol. The first kappa shape index (κ1) is 24.5. The molecular formula is C25H23Cl2N5O5. The first-order valence-corrected chi connectivity index (χ1v) is 12.4. The minimum absolute atomic E-state index is 0.0530. The first-order valence-electron chi connectivity index (χ1n) is 11.7. The van der Waals surface area contributed by atoms with Crippen LogP contribution in [-0.2, 0) is 32.2 Å². The summed E-state index contributed by atoms with van der Waals surface area (Å²) < 4.78 is 20.5. The van der Waals surface area contributed by atoms with Crippen molar-refractivity contribution in [3.8, 4) is 0 Å². The largest absolute Gasteiger partial charge is 0.367 e. The Morgan fingerprint density at radius 1 is 1.11 bits per heavy atom. The third-order valence-corrected chi connectivity index (χ3v) is 6.98. The molecule has 0 saturated carbocycles. The number of aromatic nitrogens is 4. The van der Waals surface area contributed by atoms with Crippen molar-refractivity contribution in [2.24, 2.45) is 0 Å². The summed E-state index contributed by atoms with van der Waals surface area (Å²) in [4.78, 5) is 17.8. The van der Waals surface area contributed by atoms with Crippen LogP contribution in [0, 0.1) is 0 Å². The van der Waals surface area contributed by atoms with E-state index in [0.29, 0.717) is 35.2 Å². The Bertz CT molecular complexity index is 1410. The topological polar surface area (TPSA) is 113 Å². The molecule has 0 aliphatic carbocycles. The fourth-order valence-electron chi connectivity index (χ4n) is 4.87. The standard InChI is InChI=1S/C25H23Cl2N5O5/c26-17-8-4-7-16(9-17)10-28-21-18-22(31-24(27)30-21)32(14-29-18)23-19-20(25(37-23,12-35-19)13-36-33)34-11-15-5-2-1-3-6-15/h1-9,14,19-20,23,33H,10-13H2,(H,28,30,31)/t19-,20+,23-,25+/m1/s1. The Labute approximate surface area is 222 Å². The predicted molar refractivity (Wildman–Crippen MR) is 135 cm³/mol. The van der Waals surface area contributed by atoms with Crippen molar-refractivity contribution in [1.82, 2.24) is 19.5 Å². The second-order valence-electron chi connectivity index (χ2n) is 8.99. The molecule has 2 aliphatic rings. The van der Waals surface area contributed by atoms with Gasteiger partial charge in [0.2, 0.25) is 5.28 Å². The molecule has 0 radical (unpaired) electrons. The van der Waals surface area contributed by atoms with Crippen LogP contribution in [0.15, 0.2) is 60.9 Å². The molecule has 12 heteroatoms.